The smallest absolute Gasteiger partial charge is 0.128 e. The number of hydrogen-bond donors (Lipinski definition) is 1. The highest BCUT2D eigenvalue weighted by molar-refractivity contribution is 5.77. The standard InChI is InChI=1S/C17H18FN3/c1-11-7-8-16-15(9-11)20-17(12(2)19)21(16)10-13-5-3-4-6-14(13)18/h3-9,12H,10,19H2,1-2H3. The summed E-state index contributed by atoms with van der Waals surface area (Å²) in [5, 5.41) is 0. The molecule has 3 nitrogen and oxygen atoms in total. The molecule has 4 heteroatoms. The molecule has 0 amide bonds. The average molecular weight is 283 g/mol. The minimum absolute atomic E-state index is 0.204. The first-order chi connectivity index (χ1) is 10.1. The largest absolute Gasteiger partial charge is 0.322 e. The van der Waals surface area contributed by atoms with Gasteiger partial charge in [0.1, 0.15) is 11.6 Å². The fourth-order valence-electron chi connectivity index (χ4n) is 2.57. The van der Waals surface area contributed by atoms with Crippen LogP contribution in [-0.4, -0.2) is 9.55 Å². The molecule has 1 aromatic heterocycles. The zero-order valence-electron chi connectivity index (χ0n) is 12.2. The van der Waals surface area contributed by atoms with Crippen LogP contribution in [0.1, 0.15) is 29.9 Å². The predicted molar refractivity (Wildman–Crippen MR) is 82.6 cm³/mol. The summed E-state index contributed by atoms with van der Waals surface area (Å²) in [5.74, 6) is 0.570. The molecule has 0 fully saturated rings. The highest BCUT2D eigenvalue weighted by Crippen LogP contribution is 2.23. The van der Waals surface area contributed by atoms with E-state index in [1.54, 1.807) is 12.1 Å². The van der Waals surface area contributed by atoms with Gasteiger partial charge in [-0.15, -0.1) is 0 Å². The van der Waals surface area contributed by atoms with Gasteiger partial charge in [0, 0.05) is 5.56 Å². The van der Waals surface area contributed by atoms with Crippen molar-refractivity contribution in [2.75, 3.05) is 0 Å². The summed E-state index contributed by atoms with van der Waals surface area (Å²) < 4.78 is 15.9. The normalized spacial score (nSPS) is 12.8. The second-order valence-electron chi connectivity index (χ2n) is 5.43. The van der Waals surface area contributed by atoms with Crippen LogP contribution in [0.25, 0.3) is 11.0 Å². The third-order valence-electron chi connectivity index (χ3n) is 3.63. The van der Waals surface area contributed by atoms with Gasteiger partial charge in [0.05, 0.1) is 23.6 Å². The van der Waals surface area contributed by atoms with Crippen LogP contribution in [-0.2, 0) is 6.54 Å². The number of hydrogen-bond acceptors (Lipinski definition) is 2. The Morgan fingerprint density at radius 3 is 2.71 bits per heavy atom. The van der Waals surface area contributed by atoms with Gasteiger partial charge < -0.3 is 10.3 Å². The lowest BCUT2D eigenvalue weighted by Gasteiger charge is -2.12. The molecule has 3 aromatic rings. The molecule has 0 aliphatic heterocycles. The Kier molecular flexibility index (Phi) is 3.47. The number of benzene rings is 2. The number of rotatable bonds is 3. The van der Waals surface area contributed by atoms with Gasteiger partial charge in [0.25, 0.3) is 0 Å². The molecule has 0 bridgehead atoms. The van der Waals surface area contributed by atoms with Gasteiger partial charge in [0.2, 0.25) is 0 Å². The highest BCUT2D eigenvalue weighted by Gasteiger charge is 2.15. The first kappa shape index (κ1) is 13.8. The lowest BCUT2D eigenvalue weighted by molar-refractivity contribution is 0.590. The zero-order chi connectivity index (χ0) is 15.0. The van der Waals surface area contributed by atoms with Crippen molar-refractivity contribution in [3.8, 4) is 0 Å². The molecule has 1 unspecified atom stereocenters. The van der Waals surface area contributed by atoms with Gasteiger partial charge in [-0.1, -0.05) is 24.3 Å². The topological polar surface area (TPSA) is 43.8 Å². The van der Waals surface area contributed by atoms with E-state index in [0.29, 0.717) is 12.1 Å². The Labute approximate surface area is 123 Å². The minimum Gasteiger partial charge on any atom is -0.322 e. The summed E-state index contributed by atoms with van der Waals surface area (Å²) in [6.07, 6.45) is 0. The molecule has 0 saturated heterocycles. The monoisotopic (exact) mass is 283 g/mol. The van der Waals surface area contributed by atoms with Gasteiger partial charge >= 0.3 is 0 Å². The molecule has 2 N–H and O–H groups in total. The Morgan fingerprint density at radius 1 is 1.24 bits per heavy atom. The van der Waals surface area contributed by atoms with Crippen molar-refractivity contribution in [3.63, 3.8) is 0 Å². The van der Waals surface area contributed by atoms with Gasteiger partial charge in [-0.3, -0.25) is 0 Å². The van der Waals surface area contributed by atoms with E-state index in [2.05, 4.69) is 4.98 Å². The van der Waals surface area contributed by atoms with Crippen molar-refractivity contribution in [3.05, 3.63) is 65.2 Å². The number of fused-ring (bicyclic) bond motifs is 1. The minimum atomic E-state index is -0.206. The Hall–Kier alpha value is -2.20. The Bertz CT molecular complexity index is 790. The van der Waals surface area contributed by atoms with E-state index in [9.17, 15) is 4.39 Å². The van der Waals surface area contributed by atoms with Crippen LogP contribution < -0.4 is 5.73 Å². The van der Waals surface area contributed by atoms with Gasteiger partial charge in [-0.2, -0.15) is 0 Å². The molecule has 1 atom stereocenters. The highest BCUT2D eigenvalue weighted by atomic mass is 19.1. The number of aryl methyl sites for hydroxylation is 1. The van der Waals surface area contributed by atoms with Gasteiger partial charge in [-0.05, 0) is 37.6 Å². The predicted octanol–water partition coefficient (Wildman–Crippen LogP) is 3.55. The summed E-state index contributed by atoms with van der Waals surface area (Å²) in [4.78, 5) is 4.61. The van der Waals surface area contributed by atoms with Crippen molar-refractivity contribution in [2.45, 2.75) is 26.4 Å². The lowest BCUT2D eigenvalue weighted by atomic mass is 10.2. The number of imidazole rings is 1. The maximum Gasteiger partial charge on any atom is 0.128 e. The fraction of sp³-hybridized carbons (Fsp3) is 0.235. The fourth-order valence-corrected chi connectivity index (χ4v) is 2.57. The van der Waals surface area contributed by atoms with E-state index in [1.807, 2.05) is 42.7 Å². The number of nitrogens with two attached hydrogens (primary N) is 1. The molecule has 21 heavy (non-hydrogen) atoms. The van der Waals surface area contributed by atoms with Crippen LogP contribution in [0.3, 0.4) is 0 Å². The molecule has 1 heterocycles. The van der Waals surface area contributed by atoms with Crippen LogP contribution >= 0.6 is 0 Å². The number of nitrogens with zero attached hydrogens (tertiary/aromatic N) is 2. The summed E-state index contributed by atoms with van der Waals surface area (Å²) in [7, 11) is 0. The van der Waals surface area contributed by atoms with Crippen LogP contribution in [0.4, 0.5) is 4.39 Å². The van der Waals surface area contributed by atoms with E-state index < -0.39 is 0 Å². The van der Waals surface area contributed by atoms with Gasteiger partial charge in [0.15, 0.2) is 0 Å². The van der Waals surface area contributed by atoms with Crippen LogP contribution in [0.2, 0.25) is 0 Å². The molecule has 108 valence electrons. The van der Waals surface area contributed by atoms with Crippen molar-refractivity contribution < 1.29 is 4.39 Å². The maximum absolute atomic E-state index is 13.9. The summed E-state index contributed by atoms with van der Waals surface area (Å²) in [5.41, 5.74) is 9.70. The molecule has 3 rings (SSSR count). The molecule has 0 saturated carbocycles. The van der Waals surface area contributed by atoms with Crippen molar-refractivity contribution >= 4 is 11.0 Å². The van der Waals surface area contributed by atoms with Crippen molar-refractivity contribution in [2.24, 2.45) is 5.73 Å². The molecular weight excluding hydrogens is 265 g/mol. The first-order valence-electron chi connectivity index (χ1n) is 7.02. The molecule has 0 aliphatic rings. The molecule has 0 aliphatic carbocycles. The van der Waals surface area contributed by atoms with Gasteiger partial charge in [-0.25, -0.2) is 9.37 Å². The molecule has 0 radical (unpaired) electrons. The van der Waals surface area contributed by atoms with E-state index in [0.717, 1.165) is 22.4 Å². The van der Waals surface area contributed by atoms with Crippen LogP contribution in [0, 0.1) is 12.7 Å². The third-order valence-corrected chi connectivity index (χ3v) is 3.63. The van der Waals surface area contributed by atoms with Crippen molar-refractivity contribution in [1.29, 1.82) is 0 Å². The Morgan fingerprint density at radius 2 is 2.00 bits per heavy atom. The molecular formula is C17H18FN3. The summed E-state index contributed by atoms with van der Waals surface area (Å²) >= 11 is 0. The Balaban J connectivity index is 2.16. The third kappa shape index (κ3) is 2.54. The second-order valence-corrected chi connectivity index (χ2v) is 5.43. The van der Waals surface area contributed by atoms with E-state index in [1.165, 1.54) is 6.07 Å². The first-order valence-corrected chi connectivity index (χ1v) is 7.02. The SMILES string of the molecule is Cc1ccc2c(c1)nc(C(C)N)n2Cc1ccccc1F. The van der Waals surface area contributed by atoms with E-state index in [-0.39, 0.29) is 11.9 Å². The van der Waals surface area contributed by atoms with Crippen LogP contribution in [0.5, 0.6) is 0 Å². The van der Waals surface area contributed by atoms with E-state index in [4.69, 9.17) is 5.73 Å². The van der Waals surface area contributed by atoms with Crippen molar-refractivity contribution in [1.82, 2.24) is 9.55 Å². The van der Waals surface area contributed by atoms with E-state index >= 15 is 0 Å². The number of halogens is 1. The quantitative estimate of drug-likeness (QED) is 0.799. The molecule has 2 aromatic carbocycles. The molecule has 0 spiro atoms. The lowest BCUT2D eigenvalue weighted by Crippen LogP contribution is -2.14. The number of aromatic nitrogens is 2. The second kappa shape index (κ2) is 5.30. The maximum atomic E-state index is 13.9. The zero-order valence-corrected chi connectivity index (χ0v) is 12.2. The summed E-state index contributed by atoms with van der Waals surface area (Å²) in [6, 6.07) is 12.7. The van der Waals surface area contributed by atoms with Crippen LogP contribution in [0.15, 0.2) is 42.5 Å². The summed E-state index contributed by atoms with van der Waals surface area (Å²) in [6.45, 7) is 4.36. The average Bonchev–Trinajstić information content (AvgIpc) is 2.79.